The van der Waals surface area contributed by atoms with Gasteiger partial charge >= 0.3 is 6.61 Å². The summed E-state index contributed by atoms with van der Waals surface area (Å²) in [6, 6.07) is 12.5. The molecule has 2 aromatic rings. The summed E-state index contributed by atoms with van der Waals surface area (Å²) >= 11 is 5.76. The molecule has 5 heteroatoms. The number of ketones is 1. The zero-order chi connectivity index (χ0) is 15.2. The maximum Gasteiger partial charge on any atom is 0.387 e. The number of carbonyl (C=O) groups excluding carboxylic acids is 1. The Hall–Kier alpha value is -2.20. The third-order valence-electron chi connectivity index (χ3n) is 2.66. The minimum Gasteiger partial charge on any atom is -0.435 e. The molecular weight excluding hydrogens is 298 g/mol. The summed E-state index contributed by atoms with van der Waals surface area (Å²) in [5.74, 6) is -0.211. The average molecular weight is 309 g/mol. The van der Waals surface area contributed by atoms with Crippen LogP contribution in [-0.2, 0) is 0 Å². The standard InChI is InChI=1S/C16H11ClF2O2/c17-13-6-1-11(2-7-13)3-10-15(20)12-4-8-14(9-5-12)21-16(18)19/h1-10,16H. The van der Waals surface area contributed by atoms with Gasteiger partial charge in [-0.1, -0.05) is 29.8 Å². The molecule has 0 aliphatic rings. The predicted octanol–water partition coefficient (Wildman–Crippen LogP) is 4.84. The molecule has 0 fully saturated rings. The molecule has 2 nitrogen and oxygen atoms in total. The van der Waals surface area contributed by atoms with E-state index in [9.17, 15) is 13.6 Å². The molecule has 21 heavy (non-hydrogen) atoms. The van der Waals surface area contributed by atoms with Crippen molar-refractivity contribution < 1.29 is 18.3 Å². The summed E-state index contributed by atoms with van der Waals surface area (Å²) in [5, 5.41) is 0.619. The number of allylic oxidation sites excluding steroid dienone is 1. The van der Waals surface area contributed by atoms with Crippen LogP contribution in [0.3, 0.4) is 0 Å². The van der Waals surface area contributed by atoms with Gasteiger partial charge in [-0.05, 0) is 48.0 Å². The maximum atomic E-state index is 12.0. The van der Waals surface area contributed by atoms with Gasteiger partial charge in [0.25, 0.3) is 0 Å². The lowest BCUT2D eigenvalue weighted by Gasteiger charge is -2.04. The first-order valence-corrected chi connectivity index (χ1v) is 6.45. The molecule has 0 aliphatic heterocycles. The summed E-state index contributed by atoms with van der Waals surface area (Å²) in [6.45, 7) is -2.88. The zero-order valence-corrected chi connectivity index (χ0v) is 11.6. The summed E-state index contributed by atoms with van der Waals surface area (Å²) in [7, 11) is 0. The molecular formula is C16H11ClF2O2. The summed E-state index contributed by atoms with van der Waals surface area (Å²) in [6.07, 6.45) is 3.06. The van der Waals surface area contributed by atoms with Crippen molar-refractivity contribution in [3.63, 3.8) is 0 Å². The molecule has 108 valence electrons. The Bertz CT molecular complexity index is 634. The fraction of sp³-hybridized carbons (Fsp3) is 0.0625. The number of ether oxygens (including phenoxy) is 1. The molecule has 0 aliphatic carbocycles. The lowest BCUT2D eigenvalue weighted by Crippen LogP contribution is -2.02. The second kappa shape index (κ2) is 6.99. The van der Waals surface area contributed by atoms with Gasteiger partial charge in [0.15, 0.2) is 5.78 Å². The SMILES string of the molecule is O=C(C=Cc1ccc(Cl)cc1)c1ccc(OC(F)F)cc1. The Morgan fingerprint density at radius 3 is 2.24 bits per heavy atom. The van der Waals surface area contributed by atoms with E-state index in [4.69, 9.17) is 11.6 Å². The molecule has 0 amide bonds. The molecule has 0 aromatic heterocycles. The van der Waals surface area contributed by atoms with E-state index in [1.807, 2.05) is 0 Å². The second-order valence-corrected chi connectivity index (χ2v) is 4.59. The molecule has 2 aromatic carbocycles. The van der Waals surface area contributed by atoms with Crippen molar-refractivity contribution in [1.82, 2.24) is 0 Å². The van der Waals surface area contributed by atoms with Gasteiger partial charge in [-0.3, -0.25) is 4.79 Å². The summed E-state index contributed by atoms with van der Waals surface area (Å²) in [5.41, 5.74) is 1.23. The van der Waals surface area contributed by atoms with Gasteiger partial charge in [-0.2, -0.15) is 8.78 Å². The third-order valence-corrected chi connectivity index (χ3v) is 2.91. The van der Waals surface area contributed by atoms with Crippen molar-refractivity contribution in [3.05, 3.63) is 70.8 Å². The topological polar surface area (TPSA) is 26.3 Å². The molecule has 0 saturated heterocycles. The fourth-order valence-corrected chi connectivity index (χ4v) is 1.77. The molecule has 0 N–H and O–H groups in total. The van der Waals surface area contributed by atoms with Crippen molar-refractivity contribution in [2.24, 2.45) is 0 Å². The summed E-state index contributed by atoms with van der Waals surface area (Å²) < 4.78 is 28.2. The number of hydrogen-bond acceptors (Lipinski definition) is 2. The highest BCUT2D eigenvalue weighted by Crippen LogP contribution is 2.16. The number of halogens is 3. The van der Waals surface area contributed by atoms with Gasteiger partial charge in [0, 0.05) is 10.6 Å². The largest absolute Gasteiger partial charge is 0.435 e. The van der Waals surface area contributed by atoms with Crippen LogP contribution in [0.1, 0.15) is 15.9 Å². The highest BCUT2D eigenvalue weighted by Gasteiger charge is 2.06. The Labute approximate surface area is 125 Å². The molecule has 0 radical (unpaired) electrons. The van der Waals surface area contributed by atoms with Crippen LogP contribution in [0.4, 0.5) is 8.78 Å². The molecule has 0 heterocycles. The number of benzene rings is 2. The Balaban J connectivity index is 2.04. The number of hydrogen-bond donors (Lipinski definition) is 0. The van der Waals surface area contributed by atoms with E-state index in [2.05, 4.69) is 4.74 Å². The average Bonchev–Trinajstić information content (AvgIpc) is 2.46. The van der Waals surface area contributed by atoms with Crippen LogP contribution >= 0.6 is 11.6 Å². The van der Waals surface area contributed by atoms with E-state index in [0.29, 0.717) is 10.6 Å². The van der Waals surface area contributed by atoms with Crippen LogP contribution in [-0.4, -0.2) is 12.4 Å². The second-order valence-electron chi connectivity index (χ2n) is 4.15. The monoisotopic (exact) mass is 308 g/mol. The van der Waals surface area contributed by atoms with Crippen molar-refractivity contribution in [1.29, 1.82) is 0 Å². The van der Waals surface area contributed by atoms with E-state index in [1.165, 1.54) is 30.3 Å². The molecule has 2 rings (SSSR count). The summed E-state index contributed by atoms with van der Waals surface area (Å²) in [4.78, 5) is 11.9. The van der Waals surface area contributed by atoms with Crippen LogP contribution < -0.4 is 4.74 Å². The Morgan fingerprint density at radius 1 is 1.05 bits per heavy atom. The van der Waals surface area contributed by atoms with Crippen LogP contribution in [0.15, 0.2) is 54.6 Å². The first kappa shape index (κ1) is 15.2. The first-order valence-electron chi connectivity index (χ1n) is 6.07. The van der Waals surface area contributed by atoms with Gasteiger partial charge in [-0.15, -0.1) is 0 Å². The van der Waals surface area contributed by atoms with Crippen LogP contribution in [0.25, 0.3) is 6.08 Å². The lowest BCUT2D eigenvalue weighted by atomic mass is 10.1. The van der Waals surface area contributed by atoms with Crippen molar-refractivity contribution in [2.45, 2.75) is 6.61 Å². The maximum absolute atomic E-state index is 12.0. The normalized spacial score (nSPS) is 11.0. The van der Waals surface area contributed by atoms with E-state index >= 15 is 0 Å². The molecule has 0 unspecified atom stereocenters. The van der Waals surface area contributed by atoms with Gasteiger partial charge in [0.2, 0.25) is 0 Å². The highest BCUT2D eigenvalue weighted by atomic mass is 35.5. The van der Waals surface area contributed by atoms with E-state index < -0.39 is 6.61 Å². The van der Waals surface area contributed by atoms with Crippen LogP contribution in [0.5, 0.6) is 5.75 Å². The molecule has 0 spiro atoms. The Morgan fingerprint density at radius 2 is 1.67 bits per heavy atom. The van der Waals surface area contributed by atoms with E-state index in [1.54, 1.807) is 30.3 Å². The van der Waals surface area contributed by atoms with Gasteiger partial charge in [0.1, 0.15) is 5.75 Å². The van der Waals surface area contributed by atoms with Crippen molar-refractivity contribution in [2.75, 3.05) is 0 Å². The van der Waals surface area contributed by atoms with Crippen LogP contribution in [0.2, 0.25) is 5.02 Å². The lowest BCUT2D eigenvalue weighted by molar-refractivity contribution is -0.0498. The number of carbonyl (C=O) groups is 1. The smallest absolute Gasteiger partial charge is 0.387 e. The Kier molecular flexibility index (Phi) is 5.06. The molecule has 0 saturated carbocycles. The van der Waals surface area contributed by atoms with Crippen molar-refractivity contribution in [3.8, 4) is 5.75 Å². The molecule has 0 atom stereocenters. The third kappa shape index (κ3) is 4.68. The van der Waals surface area contributed by atoms with Gasteiger partial charge in [0.05, 0.1) is 0 Å². The number of alkyl halides is 2. The van der Waals surface area contributed by atoms with Gasteiger partial charge < -0.3 is 4.74 Å². The zero-order valence-electron chi connectivity index (χ0n) is 10.8. The van der Waals surface area contributed by atoms with Gasteiger partial charge in [-0.25, -0.2) is 0 Å². The highest BCUT2D eigenvalue weighted by molar-refractivity contribution is 6.30. The first-order chi connectivity index (χ1) is 10.0. The predicted molar refractivity (Wildman–Crippen MR) is 77.9 cm³/mol. The van der Waals surface area contributed by atoms with Crippen LogP contribution in [0, 0.1) is 0 Å². The molecule has 0 bridgehead atoms. The quantitative estimate of drug-likeness (QED) is 0.583. The number of rotatable bonds is 5. The minimum absolute atomic E-state index is 0.0169. The van der Waals surface area contributed by atoms with E-state index in [0.717, 1.165) is 5.56 Å². The minimum atomic E-state index is -2.88. The van der Waals surface area contributed by atoms with E-state index in [-0.39, 0.29) is 11.5 Å². The van der Waals surface area contributed by atoms with Crippen molar-refractivity contribution >= 4 is 23.5 Å². The fourth-order valence-electron chi connectivity index (χ4n) is 1.64.